The maximum atomic E-state index is 8.78. The van der Waals surface area contributed by atoms with Gasteiger partial charge < -0.3 is 10.1 Å². The third-order valence-electron chi connectivity index (χ3n) is 2.12. The molecule has 11 heavy (non-hydrogen) atoms. The molecule has 1 aliphatic heterocycles. The molecule has 0 radical (unpaired) electrons. The molecule has 0 aromatic carbocycles. The topological polar surface area (TPSA) is 35.5 Å². The monoisotopic (exact) mass is 192 g/mol. The molecular weight excluding hydrogens is 180 g/mol. The van der Waals surface area contributed by atoms with E-state index in [0.29, 0.717) is 0 Å². The van der Waals surface area contributed by atoms with Crippen LogP contribution >= 0.6 is 24.0 Å². The zero-order valence-corrected chi connectivity index (χ0v) is 8.42. The van der Waals surface area contributed by atoms with Gasteiger partial charge in [0.05, 0.1) is 5.54 Å². The second-order valence-electron chi connectivity index (χ2n) is 3.11. The van der Waals surface area contributed by atoms with E-state index in [0.717, 1.165) is 4.32 Å². The molecular formula is C6H12N2OS2. The van der Waals surface area contributed by atoms with E-state index < -0.39 is 0 Å². The summed E-state index contributed by atoms with van der Waals surface area (Å²) in [5.74, 6) is 0. The maximum Gasteiger partial charge on any atom is 0.138 e. The molecule has 3 nitrogen and oxygen atoms in total. The van der Waals surface area contributed by atoms with Gasteiger partial charge in [-0.05, 0) is 13.8 Å². The number of nitrogens with zero attached hydrogens (tertiary/aromatic N) is 1. The summed E-state index contributed by atoms with van der Waals surface area (Å²) in [6.45, 7) is 4.07. The van der Waals surface area contributed by atoms with Crippen molar-refractivity contribution in [3.63, 3.8) is 0 Å². The van der Waals surface area contributed by atoms with Crippen molar-refractivity contribution in [3.8, 4) is 0 Å². The smallest absolute Gasteiger partial charge is 0.138 e. The zero-order chi connectivity index (χ0) is 8.65. The Balaban J connectivity index is 2.82. The number of thiocarbonyl (C=S) groups is 1. The Morgan fingerprint density at radius 1 is 1.73 bits per heavy atom. The molecule has 0 aromatic heterocycles. The van der Waals surface area contributed by atoms with Gasteiger partial charge in [-0.3, -0.25) is 0 Å². The molecule has 0 unspecified atom stereocenters. The van der Waals surface area contributed by atoms with Crippen molar-refractivity contribution in [1.82, 2.24) is 10.4 Å². The summed E-state index contributed by atoms with van der Waals surface area (Å²) < 4.78 is 0.821. The highest BCUT2D eigenvalue weighted by Gasteiger charge is 2.42. The predicted molar refractivity (Wildman–Crippen MR) is 50.7 cm³/mol. The standard InChI is InChI=1S/C6H12N2OS2/c1-6(2)4(7-9)11-5(10)8(6)3/h4,7,9H,1-3H3/t4-/m0/s1. The van der Waals surface area contributed by atoms with E-state index in [1.807, 2.05) is 25.8 Å². The first kappa shape index (κ1) is 9.25. The van der Waals surface area contributed by atoms with Crippen LogP contribution in [0.3, 0.4) is 0 Å². The average Bonchev–Trinajstić information content (AvgIpc) is 2.13. The van der Waals surface area contributed by atoms with Gasteiger partial charge in [0.15, 0.2) is 0 Å². The van der Waals surface area contributed by atoms with Gasteiger partial charge in [-0.2, -0.15) is 5.48 Å². The van der Waals surface area contributed by atoms with E-state index in [4.69, 9.17) is 17.4 Å². The lowest BCUT2D eigenvalue weighted by atomic mass is 10.1. The van der Waals surface area contributed by atoms with E-state index >= 15 is 0 Å². The molecule has 5 heteroatoms. The molecule has 1 rings (SSSR count). The molecule has 0 aromatic rings. The fraction of sp³-hybridized carbons (Fsp3) is 0.833. The van der Waals surface area contributed by atoms with Gasteiger partial charge in [-0.1, -0.05) is 24.0 Å². The summed E-state index contributed by atoms with van der Waals surface area (Å²) in [5.41, 5.74) is 2.13. The van der Waals surface area contributed by atoms with Gasteiger partial charge in [0.2, 0.25) is 0 Å². The Morgan fingerprint density at radius 2 is 2.27 bits per heavy atom. The fourth-order valence-electron chi connectivity index (χ4n) is 0.920. The van der Waals surface area contributed by atoms with Crippen LogP contribution in [0.5, 0.6) is 0 Å². The maximum absolute atomic E-state index is 8.78. The Hall–Kier alpha value is 0.160. The predicted octanol–water partition coefficient (Wildman–Crippen LogP) is 1.03. The van der Waals surface area contributed by atoms with E-state index in [2.05, 4.69) is 5.48 Å². The first-order valence-corrected chi connectivity index (χ1v) is 4.63. The van der Waals surface area contributed by atoms with Crippen LogP contribution in [0.15, 0.2) is 0 Å². The zero-order valence-electron chi connectivity index (χ0n) is 6.79. The van der Waals surface area contributed by atoms with Gasteiger partial charge in [0, 0.05) is 7.05 Å². The molecule has 64 valence electrons. The van der Waals surface area contributed by atoms with Gasteiger partial charge in [0.1, 0.15) is 9.69 Å². The minimum absolute atomic E-state index is 0.0278. The number of hydroxylamine groups is 1. The van der Waals surface area contributed by atoms with Crippen LogP contribution in [0.2, 0.25) is 0 Å². The van der Waals surface area contributed by atoms with Crippen molar-refractivity contribution in [3.05, 3.63) is 0 Å². The molecule has 0 saturated carbocycles. The Labute approximate surface area is 76.1 Å². The van der Waals surface area contributed by atoms with Crippen molar-refractivity contribution in [2.75, 3.05) is 7.05 Å². The molecule has 1 heterocycles. The molecule has 0 spiro atoms. The van der Waals surface area contributed by atoms with Crippen LogP contribution in [0.1, 0.15) is 13.8 Å². The molecule has 1 atom stereocenters. The molecule has 1 saturated heterocycles. The summed E-state index contributed by atoms with van der Waals surface area (Å²) in [6.07, 6.45) is 0. The van der Waals surface area contributed by atoms with Crippen LogP contribution in [0.4, 0.5) is 0 Å². The van der Waals surface area contributed by atoms with Gasteiger partial charge >= 0.3 is 0 Å². The van der Waals surface area contributed by atoms with Crippen molar-refractivity contribution in [1.29, 1.82) is 0 Å². The number of nitrogens with one attached hydrogen (secondary N) is 1. The minimum atomic E-state index is -0.115. The van der Waals surface area contributed by atoms with E-state index in [1.54, 1.807) is 0 Å². The third kappa shape index (κ3) is 1.38. The summed E-state index contributed by atoms with van der Waals surface area (Å²) in [4.78, 5) is 1.99. The largest absolute Gasteiger partial charge is 0.353 e. The minimum Gasteiger partial charge on any atom is -0.353 e. The summed E-state index contributed by atoms with van der Waals surface area (Å²) in [5, 5.41) is 8.75. The molecule has 1 aliphatic rings. The summed E-state index contributed by atoms with van der Waals surface area (Å²) >= 11 is 6.55. The molecule has 2 N–H and O–H groups in total. The van der Waals surface area contributed by atoms with Gasteiger partial charge in [0.25, 0.3) is 0 Å². The Morgan fingerprint density at radius 3 is 2.45 bits per heavy atom. The highest BCUT2D eigenvalue weighted by Crippen LogP contribution is 2.36. The number of hydrogen-bond donors (Lipinski definition) is 2. The van der Waals surface area contributed by atoms with E-state index in [1.165, 1.54) is 11.8 Å². The molecule has 1 fully saturated rings. The lowest BCUT2D eigenvalue weighted by Gasteiger charge is -2.31. The second kappa shape index (κ2) is 2.90. The van der Waals surface area contributed by atoms with Crippen LogP contribution in [-0.4, -0.2) is 32.4 Å². The number of rotatable bonds is 1. The fourth-order valence-corrected chi connectivity index (χ4v) is 2.54. The highest BCUT2D eigenvalue weighted by molar-refractivity contribution is 8.23. The van der Waals surface area contributed by atoms with Crippen molar-refractivity contribution >= 4 is 28.3 Å². The van der Waals surface area contributed by atoms with Crippen molar-refractivity contribution in [2.45, 2.75) is 24.8 Å². The Bertz CT molecular complexity index is 183. The van der Waals surface area contributed by atoms with E-state index in [9.17, 15) is 0 Å². The van der Waals surface area contributed by atoms with Gasteiger partial charge in [-0.15, -0.1) is 0 Å². The van der Waals surface area contributed by atoms with Crippen molar-refractivity contribution in [2.24, 2.45) is 0 Å². The quantitative estimate of drug-likeness (QED) is 0.479. The number of thioether (sulfide) groups is 1. The van der Waals surface area contributed by atoms with Crippen molar-refractivity contribution < 1.29 is 5.21 Å². The first-order valence-electron chi connectivity index (χ1n) is 3.34. The normalized spacial score (nSPS) is 29.6. The Kier molecular flexibility index (Phi) is 2.43. The van der Waals surface area contributed by atoms with Gasteiger partial charge in [-0.25, -0.2) is 0 Å². The number of hydrogen-bond acceptors (Lipinski definition) is 4. The number of likely N-dealkylation sites (N-methyl/N-ethyl adjacent to an activating group) is 1. The molecule has 0 amide bonds. The van der Waals surface area contributed by atoms with Crippen LogP contribution < -0.4 is 5.48 Å². The molecule has 0 aliphatic carbocycles. The average molecular weight is 192 g/mol. The summed E-state index contributed by atoms with van der Waals surface area (Å²) in [7, 11) is 1.94. The molecule has 0 bridgehead atoms. The third-order valence-corrected chi connectivity index (χ3v) is 4.07. The first-order chi connectivity index (χ1) is 5.00. The highest BCUT2D eigenvalue weighted by atomic mass is 32.2. The lowest BCUT2D eigenvalue weighted by molar-refractivity contribution is 0.103. The van der Waals surface area contributed by atoms with E-state index in [-0.39, 0.29) is 10.9 Å². The lowest BCUT2D eigenvalue weighted by Crippen LogP contribution is -2.48. The van der Waals surface area contributed by atoms with Crippen LogP contribution in [0, 0.1) is 0 Å². The van der Waals surface area contributed by atoms with Crippen LogP contribution in [0.25, 0.3) is 0 Å². The SMILES string of the molecule is CN1C(=S)S[C@H](NO)C1(C)C. The second-order valence-corrected chi connectivity index (χ2v) is 4.84. The summed E-state index contributed by atoms with van der Waals surface area (Å²) in [6, 6.07) is 0. The van der Waals surface area contributed by atoms with Crippen LogP contribution in [-0.2, 0) is 0 Å².